The molecule has 0 radical (unpaired) electrons. The molecule has 16 heavy (non-hydrogen) atoms. The highest BCUT2D eigenvalue weighted by molar-refractivity contribution is 5.35. The number of nitrogens with two attached hydrogens (primary N) is 1. The average Bonchev–Trinajstić information content (AvgIpc) is 2.26. The van der Waals surface area contributed by atoms with Crippen LogP contribution in [0.2, 0.25) is 0 Å². The lowest BCUT2D eigenvalue weighted by molar-refractivity contribution is -0.656. The lowest BCUT2D eigenvalue weighted by Crippen LogP contribution is -2.86. The number of hydrogen-bond donors (Lipinski definition) is 1. The van der Waals surface area contributed by atoms with Gasteiger partial charge in [0.05, 0.1) is 13.2 Å². The minimum absolute atomic E-state index is 0.744. The summed E-state index contributed by atoms with van der Waals surface area (Å²) in [5.74, 6) is 0.991. The van der Waals surface area contributed by atoms with Gasteiger partial charge in [-0.15, -0.1) is 0 Å². The van der Waals surface area contributed by atoms with Crippen LogP contribution in [0.4, 0.5) is 0 Å². The summed E-state index contributed by atoms with van der Waals surface area (Å²) >= 11 is 0. The maximum absolute atomic E-state index is 5.70. The molecular weight excluding hydrogens is 202 g/mol. The van der Waals surface area contributed by atoms with Crippen LogP contribution >= 0.6 is 0 Å². The molecule has 0 heterocycles. The SMILES string of the molecule is COCC[NH2+]CCOc1ccc(C)cc1C. The Bertz CT molecular complexity index is 313. The lowest BCUT2D eigenvalue weighted by atomic mass is 10.1. The Morgan fingerprint density at radius 2 is 1.88 bits per heavy atom. The molecule has 0 amide bonds. The largest absolute Gasteiger partial charge is 0.487 e. The van der Waals surface area contributed by atoms with Crippen molar-refractivity contribution >= 4 is 0 Å². The van der Waals surface area contributed by atoms with E-state index in [2.05, 4.69) is 31.3 Å². The minimum atomic E-state index is 0.744. The molecule has 1 aromatic carbocycles. The second-order valence-corrected chi connectivity index (χ2v) is 3.98. The third-order valence-corrected chi connectivity index (χ3v) is 2.44. The average molecular weight is 224 g/mol. The number of quaternary nitrogens is 1. The van der Waals surface area contributed by atoms with Gasteiger partial charge < -0.3 is 14.8 Å². The van der Waals surface area contributed by atoms with Gasteiger partial charge in [-0.3, -0.25) is 0 Å². The summed E-state index contributed by atoms with van der Waals surface area (Å²) in [5, 5.41) is 2.20. The van der Waals surface area contributed by atoms with Crippen molar-refractivity contribution in [3.8, 4) is 5.75 Å². The molecule has 0 fully saturated rings. The van der Waals surface area contributed by atoms with Gasteiger partial charge in [0.25, 0.3) is 0 Å². The van der Waals surface area contributed by atoms with E-state index in [9.17, 15) is 0 Å². The van der Waals surface area contributed by atoms with E-state index < -0.39 is 0 Å². The van der Waals surface area contributed by atoms with Crippen LogP contribution in [-0.2, 0) is 4.74 Å². The van der Waals surface area contributed by atoms with E-state index >= 15 is 0 Å². The summed E-state index contributed by atoms with van der Waals surface area (Å²) in [6.45, 7) is 7.67. The number of benzene rings is 1. The van der Waals surface area contributed by atoms with Crippen molar-refractivity contribution in [2.24, 2.45) is 0 Å². The van der Waals surface area contributed by atoms with Crippen molar-refractivity contribution in [2.45, 2.75) is 13.8 Å². The van der Waals surface area contributed by atoms with E-state index in [1.807, 2.05) is 6.07 Å². The first-order valence-corrected chi connectivity index (χ1v) is 5.74. The number of aryl methyl sites for hydroxylation is 2. The fourth-order valence-electron chi connectivity index (χ4n) is 1.56. The van der Waals surface area contributed by atoms with Gasteiger partial charge in [-0.25, -0.2) is 0 Å². The van der Waals surface area contributed by atoms with Gasteiger partial charge in [-0.05, 0) is 25.5 Å². The Labute approximate surface area is 97.8 Å². The first kappa shape index (κ1) is 13.0. The van der Waals surface area contributed by atoms with Crippen molar-refractivity contribution < 1.29 is 14.8 Å². The molecule has 0 aliphatic heterocycles. The van der Waals surface area contributed by atoms with E-state index in [0.717, 1.165) is 32.1 Å². The van der Waals surface area contributed by atoms with Crippen molar-refractivity contribution in [2.75, 3.05) is 33.4 Å². The lowest BCUT2D eigenvalue weighted by Gasteiger charge is -2.08. The van der Waals surface area contributed by atoms with Crippen molar-refractivity contribution in [3.05, 3.63) is 29.3 Å². The molecule has 0 saturated heterocycles. The zero-order chi connectivity index (χ0) is 11.8. The first-order valence-electron chi connectivity index (χ1n) is 5.74. The third kappa shape index (κ3) is 4.64. The fourth-order valence-corrected chi connectivity index (χ4v) is 1.56. The number of ether oxygens (including phenoxy) is 2. The number of hydrogen-bond acceptors (Lipinski definition) is 2. The highest BCUT2D eigenvalue weighted by atomic mass is 16.5. The second-order valence-electron chi connectivity index (χ2n) is 3.98. The maximum Gasteiger partial charge on any atom is 0.137 e. The Balaban J connectivity index is 2.21. The van der Waals surface area contributed by atoms with Crippen LogP contribution in [0.25, 0.3) is 0 Å². The highest BCUT2D eigenvalue weighted by Gasteiger charge is 1.99. The summed E-state index contributed by atoms with van der Waals surface area (Å²) in [7, 11) is 1.72. The van der Waals surface area contributed by atoms with E-state index in [1.54, 1.807) is 7.11 Å². The predicted molar refractivity (Wildman–Crippen MR) is 64.9 cm³/mol. The summed E-state index contributed by atoms with van der Waals surface area (Å²) in [5.41, 5.74) is 2.48. The Hall–Kier alpha value is -1.06. The van der Waals surface area contributed by atoms with Gasteiger partial charge >= 0.3 is 0 Å². The summed E-state index contributed by atoms with van der Waals surface area (Å²) in [6, 6.07) is 6.26. The molecule has 0 bridgehead atoms. The van der Waals surface area contributed by atoms with E-state index in [4.69, 9.17) is 9.47 Å². The molecule has 90 valence electrons. The topological polar surface area (TPSA) is 35.1 Å². The van der Waals surface area contributed by atoms with Gasteiger partial charge in [-0.2, -0.15) is 0 Å². The van der Waals surface area contributed by atoms with Crippen LogP contribution in [0.3, 0.4) is 0 Å². The Morgan fingerprint density at radius 1 is 1.12 bits per heavy atom. The summed E-state index contributed by atoms with van der Waals surface area (Å²) in [6.07, 6.45) is 0. The van der Waals surface area contributed by atoms with Crippen LogP contribution < -0.4 is 10.1 Å². The summed E-state index contributed by atoms with van der Waals surface area (Å²) in [4.78, 5) is 0. The molecule has 0 aliphatic carbocycles. The van der Waals surface area contributed by atoms with Crippen LogP contribution in [-0.4, -0.2) is 33.4 Å². The van der Waals surface area contributed by atoms with Crippen molar-refractivity contribution in [1.29, 1.82) is 0 Å². The van der Waals surface area contributed by atoms with Crippen molar-refractivity contribution in [3.63, 3.8) is 0 Å². The smallest absolute Gasteiger partial charge is 0.137 e. The first-order chi connectivity index (χ1) is 7.74. The molecule has 1 rings (SSSR count). The van der Waals surface area contributed by atoms with Gasteiger partial charge in [0.2, 0.25) is 0 Å². The Kier molecular flexibility index (Phi) is 5.90. The van der Waals surface area contributed by atoms with E-state index in [0.29, 0.717) is 0 Å². The second kappa shape index (κ2) is 7.25. The van der Waals surface area contributed by atoms with Crippen LogP contribution in [0.1, 0.15) is 11.1 Å². The van der Waals surface area contributed by atoms with E-state index in [-0.39, 0.29) is 0 Å². The van der Waals surface area contributed by atoms with Crippen LogP contribution in [0, 0.1) is 13.8 Å². The molecule has 0 atom stereocenters. The molecule has 3 heteroatoms. The van der Waals surface area contributed by atoms with Crippen LogP contribution in [0.5, 0.6) is 5.75 Å². The molecule has 1 aromatic rings. The number of rotatable bonds is 7. The standard InChI is InChI=1S/C13H21NO2/c1-11-4-5-13(12(2)10-11)16-9-7-14-6-8-15-3/h4-5,10,14H,6-9H2,1-3H3/p+1. The van der Waals surface area contributed by atoms with Crippen LogP contribution in [0.15, 0.2) is 18.2 Å². The predicted octanol–water partition coefficient (Wildman–Crippen LogP) is 0.892. The molecule has 0 unspecified atom stereocenters. The quantitative estimate of drug-likeness (QED) is 0.698. The highest BCUT2D eigenvalue weighted by Crippen LogP contribution is 2.18. The molecule has 0 saturated carbocycles. The molecule has 3 nitrogen and oxygen atoms in total. The molecule has 0 aliphatic rings. The van der Waals surface area contributed by atoms with Gasteiger partial charge in [0.15, 0.2) is 0 Å². The zero-order valence-electron chi connectivity index (χ0n) is 10.5. The maximum atomic E-state index is 5.70. The molecular formula is C13H22NO2+. The van der Waals surface area contributed by atoms with Gasteiger partial charge in [0, 0.05) is 7.11 Å². The third-order valence-electron chi connectivity index (χ3n) is 2.44. The zero-order valence-corrected chi connectivity index (χ0v) is 10.5. The molecule has 0 aromatic heterocycles. The van der Waals surface area contributed by atoms with E-state index in [1.165, 1.54) is 11.1 Å². The fraction of sp³-hybridized carbons (Fsp3) is 0.538. The minimum Gasteiger partial charge on any atom is -0.487 e. The van der Waals surface area contributed by atoms with Gasteiger partial charge in [-0.1, -0.05) is 17.7 Å². The van der Waals surface area contributed by atoms with Crippen molar-refractivity contribution in [1.82, 2.24) is 0 Å². The normalized spacial score (nSPS) is 10.4. The molecule has 0 spiro atoms. The van der Waals surface area contributed by atoms with Gasteiger partial charge in [0.1, 0.15) is 18.9 Å². The summed E-state index contributed by atoms with van der Waals surface area (Å²) < 4.78 is 10.7. The monoisotopic (exact) mass is 224 g/mol. The molecule has 2 N–H and O–H groups in total. The number of methoxy groups -OCH3 is 1. The Morgan fingerprint density at radius 3 is 2.56 bits per heavy atom.